The van der Waals surface area contributed by atoms with Crippen LogP contribution in [0.25, 0.3) is 0 Å². The molecule has 1 aliphatic heterocycles. The fourth-order valence-electron chi connectivity index (χ4n) is 5.56. The van der Waals surface area contributed by atoms with E-state index in [1.54, 1.807) is 48.5 Å². The predicted molar refractivity (Wildman–Crippen MR) is 142 cm³/mol. The second-order valence-electron chi connectivity index (χ2n) is 10.7. The maximum Gasteiger partial charge on any atom is 0.322 e. The number of rotatable bonds is 11. The summed E-state index contributed by atoms with van der Waals surface area (Å²) in [6.45, 7) is 3.96. The first-order valence-electron chi connectivity index (χ1n) is 13.5. The Kier molecular flexibility index (Phi) is 8.82. The van der Waals surface area contributed by atoms with Gasteiger partial charge in [0.15, 0.2) is 0 Å². The van der Waals surface area contributed by atoms with E-state index in [1.165, 1.54) is 12.0 Å². The van der Waals surface area contributed by atoms with Gasteiger partial charge in [-0.05, 0) is 36.3 Å². The summed E-state index contributed by atoms with van der Waals surface area (Å²) in [6.07, 6.45) is 4.97. The molecule has 38 heavy (non-hydrogen) atoms. The van der Waals surface area contributed by atoms with Gasteiger partial charge in [-0.1, -0.05) is 93.8 Å². The van der Waals surface area contributed by atoms with E-state index in [2.05, 4.69) is 10.6 Å². The molecule has 1 saturated carbocycles. The molecule has 1 heterocycles. The summed E-state index contributed by atoms with van der Waals surface area (Å²) in [4.78, 5) is 40.8. The minimum Gasteiger partial charge on any atom is -0.468 e. The Morgan fingerprint density at radius 3 is 2.13 bits per heavy atom. The van der Waals surface area contributed by atoms with Crippen molar-refractivity contribution in [1.82, 2.24) is 15.5 Å². The molecule has 4 unspecified atom stereocenters. The summed E-state index contributed by atoms with van der Waals surface area (Å²) in [5.74, 6) is -3.75. The highest BCUT2D eigenvalue weighted by atomic mass is 19.2. The molecule has 8 heteroatoms. The van der Waals surface area contributed by atoms with Gasteiger partial charge in [-0.3, -0.25) is 24.6 Å². The van der Waals surface area contributed by atoms with Crippen LogP contribution in [0.15, 0.2) is 60.7 Å². The molecule has 2 aromatic rings. The molecule has 2 fully saturated rings. The topological polar surface area (TPSA) is 87.5 Å². The lowest BCUT2D eigenvalue weighted by atomic mass is 9.94. The van der Waals surface area contributed by atoms with Crippen LogP contribution in [-0.4, -0.2) is 47.7 Å². The molecule has 4 atom stereocenters. The highest BCUT2D eigenvalue weighted by molar-refractivity contribution is 6.02. The van der Waals surface area contributed by atoms with Crippen molar-refractivity contribution in [3.8, 4) is 0 Å². The Labute approximate surface area is 224 Å². The number of hydrogen-bond donors (Lipinski definition) is 2. The van der Waals surface area contributed by atoms with Crippen LogP contribution in [0.3, 0.4) is 0 Å². The summed E-state index contributed by atoms with van der Waals surface area (Å²) in [6, 6.07) is 14.7. The second kappa shape index (κ2) is 12.1. The zero-order valence-corrected chi connectivity index (χ0v) is 22.4. The third-order valence-electron chi connectivity index (χ3n) is 7.52. The highest BCUT2D eigenvalue weighted by Crippen LogP contribution is 2.50. The van der Waals surface area contributed by atoms with E-state index in [1.807, 2.05) is 26.0 Å². The lowest BCUT2D eigenvalue weighted by molar-refractivity contribution is -0.144. The van der Waals surface area contributed by atoms with Gasteiger partial charge < -0.3 is 10.1 Å². The molecule has 7 nitrogen and oxygen atoms in total. The van der Waals surface area contributed by atoms with Crippen molar-refractivity contribution in [2.24, 2.45) is 5.92 Å². The van der Waals surface area contributed by atoms with Gasteiger partial charge in [0.2, 0.25) is 5.91 Å². The Hall–Kier alpha value is -3.26. The minimum atomic E-state index is -2.32. The van der Waals surface area contributed by atoms with E-state index < -0.39 is 41.7 Å². The molecule has 4 rings (SSSR count). The van der Waals surface area contributed by atoms with Gasteiger partial charge in [-0.2, -0.15) is 0 Å². The number of ether oxygens (including phenoxy) is 1. The molecule has 2 amide bonds. The van der Waals surface area contributed by atoms with Crippen molar-refractivity contribution in [1.29, 1.82) is 0 Å². The summed E-state index contributed by atoms with van der Waals surface area (Å²) >= 11 is 0. The van der Waals surface area contributed by atoms with Crippen LogP contribution in [0, 0.1) is 5.92 Å². The number of hydrogen-bond acceptors (Lipinski definition) is 5. The van der Waals surface area contributed by atoms with Gasteiger partial charge in [0.25, 0.3) is 11.7 Å². The Bertz CT molecular complexity index is 1110. The number of carbonyl (C=O) groups excluding carboxylic acids is 3. The number of nitrogens with one attached hydrogen (secondary N) is 2. The van der Waals surface area contributed by atoms with Gasteiger partial charge in [-0.25, -0.2) is 4.39 Å². The molecule has 2 aromatic carbocycles. The third-order valence-corrected chi connectivity index (χ3v) is 7.52. The molecule has 1 saturated heterocycles. The average Bonchev–Trinajstić information content (AvgIpc) is 3.50. The SMILES string of the molecule is COC(=O)C(CC(C)C)NC(C(=O)NC(c1ccccc1)C1(F)C(=O)N1C1CCCCC1)c1ccccc1. The van der Waals surface area contributed by atoms with Crippen LogP contribution in [0.5, 0.6) is 0 Å². The Morgan fingerprint density at radius 1 is 1.00 bits per heavy atom. The van der Waals surface area contributed by atoms with E-state index >= 15 is 4.39 Å². The summed E-state index contributed by atoms with van der Waals surface area (Å²) in [5.41, 5.74) is 1.13. The number of methoxy groups -OCH3 is 1. The largest absolute Gasteiger partial charge is 0.468 e. The monoisotopic (exact) mass is 523 g/mol. The number of benzene rings is 2. The van der Waals surface area contributed by atoms with Crippen molar-refractivity contribution < 1.29 is 23.5 Å². The lowest BCUT2D eigenvalue weighted by Gasteiger charge is -2.30. The predicted octanol–water partition coefficient (Wildman–Crippen LogP) is 4.60. The number of carbonyl (C=O) groups is 3. The maximum atomic E-state index is 16.6. The van der Waals surface area contributed by atoms with Crippen LogP contribution >= 0.6 is 0 Å². The molecule has 0 radical (unpaired) electrons. The number of esters is 1. The second-order valence-corrected chi connectivity index (χ2v) is 10.7. The normalized spacial score (nSPS) is 22.0. The van der Waals surface area contributed by atoms with E-state index in [0.717, 1.165) is 32.1 Å². The van der Waals surface area contributed by atoms with Crippen molar-refractivity contribution >= 4 is 17.8 Å². The van der Waals surface area contributed by atoms with Crippen molar-refractivity contribution in [2.75, 3.05) is 7.11 Å². The van der Waals surface area contributed by atoms with Gasteiger partial charge in [0.05, 0.1) is 7.11 Å². The van der Waals surface area contributed by atoms with Crippen molar-refractivity contribution in [2.45, 2.75) is 82.3 Å². The molecule has 204 valence electrons. The number of alkyl halides is 1. The zero-order valence-electron chi connectivity index (χ0n) is 22.4. The number of amides is 2. The van der Waals surface area contributed by atoms with E-state index in [9.17, 15) is 14.4 Å². The van der Waals surface area contributed by atoms with Crippen molar-refractivity contribution in [3.63, 3.8) is 0 Å². The quantitative estimate of drug-likeness (QED) is 0.255. The average molecular weight is 524 g/mol. The fraction of sp³-hybridized carbons (Fsp3) is 0.500. The van der Waals surface area contributed by atoms with Crippen LogP contribution in [0.2, 0.25) is 0 Å². The summed E-state index contributed by atoms with van der Waals surface area (Å²) < 4.78 is 21.6. The van der Waals surface area contributed by atoms with Gasteiger partial charge in [0.1, 0.15) is 18.1 Å². The lowest BCUT2D eigenvalue weighted by Crippen LogP contribution is -2.49. The first kappa shape index (κ1) is 27.8. The molecule has 0 aromatic heterocycles. The van der Waals surface area contributed by atoms with E-state index in [-0.39, 0.29) is 12.0 Å². The first-order valence-corrected chi connectivity index (χ1v) is 13.5. The smallest absolute Gasteiger partial charge is 0.322 e. The minimum absolute atomic E-state index is 0.158. The summed E-state index contributed by atoms with van der Waals surface area (Å²) in [5, 5.41) is 6.02. The number of halogens is 1. The van der Waals surface area contributed by atoms with Gasteiger partial charge in [0, 0.05) is 6.04 Å². The highest BCUT2D eigenvalue weighted by Gasteiger charge is 2.71. The van der Waals surface area contributed by atoms with Crippen LogP contribution in [0.4, 0.5) is 4.39 Å². The van der Waals surface area contributed by atoms with Gasteiger partial charge >= 0.3 is 5.97 Å². The standard InChI is InChI=1S/C30H38FN3O4/c1-20(2)19-24(28(36)38-3)32-25(21-13-7-4-8-14-21)27(35)33-26(22-15-9-5-10-16-22)30(31)29(37)34(30)23-17-11-6-12-18-23/h4-5,7-10,13-16,20,23-26,32H,6,11-12,17-19H2,1-3H3,(H,33,35). The Morgan fingerprint density at radius 2 is 1.58 bits per heavy atom. The summed E-state index contributed by atoms with van der Waals surface area (Å²) in [7, 11) is 1.31. The fourth-order valence-corrected chi connectivity index (χ4v) is 5.56. The maximum absolute atomic E-state index is 16.6. The molecular formula is C30H38FN3O4. The molecule has 0 spiro atoms. The molecule has 1 aliphatic carbocycles. The van der Waals surface area contributed by atoms with Crippen LogP contribution in [-0.2, 0) is 19.1 Å². The van der Waals surface area contributed by atoms with Crippen molar-refractivity contribution in [3.05, 3.63) is 71.8 Å². The third kappa shape index (κ3) is 5.90. The molecule has 0 bridgehead atoms. The van der Waals surface area contributed by atoms with Crippen LogP contribution < -0.4 is 10.6 Å². The van der Waals surface area contributed by atoms with E-state index in [0.29, 0.717) is 17.5 Å². The Balaban J connectivity index is 1.65. The molecule has 2 aliphatic rings. The number of nitrogens with zero attached hydrogens (tertiary/aromatic N) is 1. The first-order chi connectivity index (χ1) is 18.3. The van der Waals surface area contributed by atoms with E-state index in [4.69, 9.17) is 4.74 Å². The zero-order chi connectivity index (χ0) is 27.3. The molecular weight excluding hydrogens is 485 g/mol. The van der Waals surface area contributed by atoms with Gasteiger partial charge in [-0.15, -0.1) is 0 Å². The molecule has 2 N–H and O–H groups in total. The van der Waals surface area contributed by atoms with Crippen LogP contribution in [0.1, 0.15) is 75.6 Å².